The molecule has 0 aliphatic rings. The van der Waals surface area contributed by atoms with Crippen LogP contribution in [0.15, 0.2) is 41.2 Å². The lowest BCUT2D eigenvalue weighted by molar-refractivity contribution is -0.134. The Kier molecular flexibility index (Phi) is 5.27. The number of H-pyrrole nitrogens is 1. The van der Waals surface area contributed by atoms with E-state index in [1.807, 2.05) is 0 Å². The second kappa shape index (κ2) is 7.44. The van der Waals surface area contributed by atoms with Crippen LogP contribution >= 0.6 is 34.8 Å². The van der Waals surface area contributed by atoms with Crippen molar-refractivity contribution in [3.05, 3.63) is 67.6 Å². The van der Waals surface area contributed by atoms with Crippen LogP contribution in [0.2, 0.25) is 15.1 Å². The normalized spacial score (nSPS) is 10.8. The fraction of sp³-hybridized carbons (Fsp3) is 0.118. The van der Waals surface area contributed by atoms with Gasteiger partial charge in [-0.15, -0.1) is 0 Å². The number of aryl methyl sites for hydroxylation is 1. The van der Waals surface area contributed by atoms with Crippen LogP contribution in [0.4, 0.5) is 0 Å². The number of carbonyl (C=O) groups is 1. The molecule has 0 radical (unpaired) electrons. The molecule has 0 aliphatic heterocycles. The SMILES string of the molecule is O=C(CCc1nc2ccccc2c(=O)[nH]1)Oc1c(Cl)cc(Cl)cc1Cl. The first-order chi connectivity index (χ1) is 11.9. The van der Waals surface area contributed by atoms with E-state index in [9.17, 15) is 9.59 Å². The summed E-state index contributed by atoms with van der Waals surface area (Å²) in [6, 6.07) is 9.83. The molecule has 128 valence electrons. The summed E-state index contributed by atoms with van der Waals surface area (Å²) in [5.41, 5.74) is 0.316. The summed E-state index contributed by atoms with van der Waals surface area (Å²) in [4.78, 5) is 31.0. The molecule has 1 aromatic heterocycles. The number of hydrogen-bond donors (Lipinski definition) is 1. The van der Waals surface area contributed by atoms with Crippen molar-refractivity contribution >= 4 is 51.7 Å². The summed E-state index contributed by atoms with van der Waals surface area (Å²) in [5.74, 6) is -0.103. The maximum absolute atomic E-state index is 12.0. The van der Waals surface area contributed by atoms with E-state index in [0.717, 1.165) is 0 Å². The van der Waals surface area contributed by atoms with Crippen LogP contribution in [-0.4, -0.2) is 15.9 Å². The van der Waals surface area contributed by atoms with Gasteiger partial charge < -0.3 is 9.72 Å². The predicted molar refractivity (Wildman–Crippen MR) is 97.8 cm³/mol. The Balaban J connectivity index is 1.72. The number of esters is 1. The standard InChI is InChI=1S/C17H11Cl3N2O3/c18-9-7-11(19)16(12(20)8-9)25-15(23)6-5-14-21-13-4-2-1-3-10(13)17(24)22-14/h1-4,7-8H,5-6H2,(H,21,22,24). The quantitative estimate of drug-likeness (QED) is 0.522. The monoisotopic (exact) mass is 396 g/mol. The molecule has 3 aromatic rings. The first kappa shape index (κ1) is 17.7. The van der Waals surface area contributed by atoms with Crippen molar-refractivity contribution in [2.45, 2.75) is 12.8 Å². The number of rotatable bonds is 4. The third-order valence-electron chi connectivity index (χ3n) is 3.41. The van der Waals surface area contributed by atoms with Crippen molar-refractivity contribution in [3.63, 3.8) is 0 Å². The molecule has 0 saturated heterocycles. The first-order valence-corrected chi connectivity index (χ1v) is 8.40. The summed E-state index contributed by atoms with van der Waals surface area (Å²) < 4.78 is 5.19. The largest absolute Gasteiger partial charge is 0.423 e. The molecule has 25 heavy (non-hydrogen) atoms. The van der Waals surface area contributed by atoms with Crippen LogP contribution in [0.25, 0.3) is 10.9 Å². The summed E-state index contributed by atoms with van der Waals surface area (Å²) >= 11 is 17.8. The number of hydrogen-bond acceptors (Lipinski definition) is 4. The van der Waals surface area contributed by atoms with E-state index in [4.69, 9.17) is 39.5 Å². The molecule has 3 rings (SSSR count). The van der Waals surface area contributed by atoms with Gasteiger partial charge in [0.05, 0.1) is 27.4 Å². The van der Waals surface area contributed by atoms with Crippen LogP contribution < -0.4 is 10.3 Å². The lowest BCUT2D eigenvalue weighted by Gasteiger charge is -2.08. The highest BCUT2D eigenvalue weighted by molar-refractivity contribution is 6.40. The Morgan fingerprint density at radius 3 is 2.52 bits per heavy atom. The zero-order chi connectivity index (χ0) is 18.0. The predicted octanol–water partition coefficient (Wildman–Crippen LogP) is 4.42. The van der Waals surface area contributed by atoms with Gasteiger partial charge in [-0.05, 0) is 24.3 Å². The second-order valence-electron chi connectivity index (χ2n) is 5.20. The summed E-state index contributed by atoms with van der Waals surface area (Å²) in [6.45, 7) is 0. The third kappa shape index (κ3) is 4.12. The molecule has 0 fully saturated rings. The molecular formula is C17H11Cl3N2O3. The lowest BCUT2D eigenvalue weighted by Crippen LogP contribution is -2.15. The van der Waals surface area contributed by atoms with E-state index in [1.54, 1.807) is 24.3 Å². The molecule has 0 aliphatic carbocycles. The zero-order valence-electron chi connectivity index (χ0n) is 12.7. The summed E-state index contributed by atoms with van der Waals surface area (Å²) in [6.07, 6.45) is 0.207. The molecule has 0 unspecified atom stereocenters. The average molecular weight is 398 g/mol. The molecule has 8 heteroatoms. The highest BCUT2D eigenvalue weighted by Gasteiger charge is 2.14. The molecule has 0 saturated carbocycles. The van der Waals surface area contributed by atoms with E-state index >= 15 is 0 Å². The number of aromatic nitrogens is 2. The molecule has 5 nitrogen and oxygen atoms in total. The Morgan fingerprint density at radius 1 is 1.12 bits per heavy atom. The first-order valence-electron chi connectivity index (χ1n) is 7.27. The smallest absolute Gasteiger partial charge is 0.311 e. The number of para-hydroxylation sites is 1. The average Bonchev–Trinajstić information content (AvgIpc) is 2.56. The Labute approximate surface area is 157 Å². The van der Waals surface area contributed by atoms with Gasteiger partial charge in [-0.2, -0.15) is 0 Å². The molecule has 0 amide bonds. The van der Waals surface area contributed by atoms with Gasteiger partial charge >= 0.3 is 5.97 Å². The van der Waals surface area contributed by atoms with Gasteiger partial charge in [-0.3, -0.25) is 9.59 Å². The molecule has 2 aromatic carbocycles. The van der Waals surface area contributed by atoms with Gasteiger partial charge in [-0.25, -0.2) is 4.98 Å². The fourth-order valence-electron chi connectivity index (χ4n) is 2.27. The van der Waals surface area contributed by atoms with Crippen LogP contribution in [0.1, 0.15) is 12.2 Å². The van der Waals surface area contributed by atoms with Crippen LogP contribution in [0.3, 0.4) is 0 Å². The fourth-order valence-corrected chi connectivity index (χ4v) is 3.16. The topological polar surface area (TPSA) is 72.0 Å². The van der Waals surface area contributed by atoms with E-state index in [1.165, 1.54) is 12.1 Å². The maximum Gasteiger partial charge on any atom is 0.311 e. The van der Waals surface area contributed by atoms with Gasteiger partial charge in [0.2, 0.25) is 0 Å². The molecule has 1 heterocycles. The maximum atomic E-state index is 12.0. The Morgan fingerprint density at radius 2 is 1.80 bits per heavy atom. The van der Waals surface area contributed by atoms with Crippen molar-refractivity contribution < 1.29 is 9.53 Å². The minimum Gasteiger partial charge on any atom is -0.423 e. The van der Waals surface area contributed by atoms with Crippen molar-refractivity contribution in [1.82, 2.24) is 9.97 Å². The van der Waals surface area contributed by atoms with Gasteiger partial charge in [-0.1, -0.05) is 46.9 Å². The van der Waals surface area contributed by atoms with Crippen molar-refractivity contribution in [2.24, 2.45) is 0 Å². The number of aromatic amines is 1. The minimum atomic E-state index is -0.554. The highest BCUT2D eigenvalue weighted by atomic mass is 35.5. The van der Waals surface area contributed by atoms with Crippen LogP contribution in [0.5, 0.6) is 5.75 Å². The number of benzene rings is 2. The summed E-state index contributed by atoms with van der Waals surface area (Å²) in [7, 11) is 0. The van der Waals surface area contributed by atoms with Gasteiger partial charge in [0, 0.05) is 11.4 Å². The third-order valence-corrected chi connectivity index (χ3v) is 4.19. The number of nitrogens with one attached hydrogen (secondary N) is 1. The van der Waals surface area contributed by atoms with E-state index in [2.05, 4.69) is 9.97 Å². The number of ether oxygens (including phenoxy) is 1. The molecule has 0 atom stereocenters. The van der Waals surface area contributed by atoms with E-state index < -0.39 is 5.97 Å². The number of carbonyl (C=O) groups excluding carboxylic acids is 1. The molecule has 1 N–H and O–H groups in total. The highest BCUT2D eigenvalue weighted by Crippen LogP contribution is 2.36. The Bertz CT molecular complexity index is 994. The van der Waals surface area contributed by atoms with Crippen LogP contribution in [0, 0.1) is 0 Å². The minimum absolute atomic E-state index is 0.00341. The second-order valence-corrected chi connectivity index (χ2v) is 6.45. The lowest BCUT2D eigenvalue weighted by atomic mass is 10.2. The molecular weight excluding hydrogens is 387 g/mol. The number of fused-ring (bicyclic) bond motifs is 1. The van der Waals surface area contributed by atoms with Gasteiger partial charge in [0.25, 0.3) is 5.56 Å². The molecule has 0 spiro atoms. The van der Waals surface area contributed by atoms with Gasteiger partial charge in [0.1, 0.15) is 5.82 Å². The van der Waals surface area contributed by atoms with Crippen molar-refractivity contribution in [3.8, 4) is 5.75 Å². The zero-order valence-corrected chi connectivity index (χ0v) is 15.0. The van der Waals surface area contributed by atoms with E-state index in [0.29, 0.717) is 21.7 Å². The Hall–Kier alpha value is -2.08. The number of nitrogens with zero attached hydrogens (tertiary/aromatic N) is 1. The number of halogens is 3. The van der Waals surface area contributed by atoms with Gasteiger partial charge in [0.15, 0.2) is 5.75 Å². The van der Waals surface area contributed by atoms with Crippen molar-refractivity contribution in [1.29, 1.82) is 0 Å². The summed E-state index contributed by atoms with van der Waals surface area (Å²) in [5, 5.41) is 1.12. The molecule has 0 bridgehead atoms. The van der Waals surface area contributed by atoms with Crippen molar-refractivity contribution in [2.75, 3.05) is 0 Å². The van der Waals surface area contributed by atoms with Crippen LogP contribution in [-0.2, 0) is 11.2 Å². The van der Waals surface area contributed by atoms with E-state index in [-0.39, 0.29) is 34.2 Å².